The summed E-state index contributed by atoms with van der Waals surface area (Å²) in [6.45, 7) is 0. The fourth-order valence-corrected chi connectivity index (χ4v) is 3.66. The third-order valence-corrected chi connectivity index (χ3v) is 4.19. The second kappa shape index (κ2) is 3.21. The van der Waals surface area contributed by atoms with E-state index in [4.69, 9.17) is 5.73 Å². The topological polar surface area (TPSA) is 42.1 Å². The summed E-state index contributed by atoms with van der Waals surface area (Å²) in [4.78, 5) is 6.92. The first kappa shape index (κ1) is 8.68. The molecule has 0 radical (unpaired) electrons. The van der Waals surface area contributed by atoms with E-state index in [1.807, 2.05) is 6.20 Å². The lowest BCUT2D eigenvalue weighted by Gasteiger charge is -2.37. The van der Waals surface area contributed by atoms with E-state index in [9.17, 15) is 0 Å². The summed E-state index contributed by atoms with van der Waals surface area (Å²) in [6.07, 6.45) is 6.80. The number of nitrogens with zero attached hydrogens (tertiary/aromatic N) is 2. The van der Waals surface area contributed by atoms with Crippen LogP contribution in [-0.2, 0) is 0 Å². The molecule has 1 aromatic rings. The first-order valence-electron chi connectivity index (χ1n) is 5.28. The average molecular weight is 209 g/mol. The number of fused-ring (bicyclic) bond motifs is 2. The van der Waals surface area contributed by atoms with Crippen LogP contribution in [0.3, 0.4) is 0 Å². The molecule has 3 heterocycles. The molecule has 2 fully saturated rings. The minimum absolute atomic E-state index is 0.420. The molecule has 3 rings (SSSR count). The molecule has 0 spiro atoms. The highest BCUT2D eigenvalue weighted by atomic mass is 32.1. The minimum atomic E-state index is 0.420. The van der Waals surface area contributed by atoms with Gasteiger partial charge in [0.2, 0.25) is 0 Å². The Hall–Kier alpha value is -0.610. The summed E-state index contributed by atoms with van der Waals surface area (Å²) in [7, 11) is 0. The van der Waals surface area contributed by atoms with Gasteiger partial charge in [-0.05, 0) is 25.7 Å². The van der Waals surface area contributed by atoms with Gasteiger partial charge in [0.25, 0.3) is 0 Å². The maximum Gasteiger partial charge on any atom is 0.185 e. The average Bonchev–Trinajstić information content (AvgIpc) is 2.72. The van der Waals surface area contributed by atoms with Crippen molar-refractivity contribution in [1.29, 1.82) is 0 Å². The maximum atomic E-state index is 6.03. The minimum Gasteiger partial charge on any atom is -0.342 e. The molecular formula is C10H15N3S. The second-order valence-electron chi connectivity index (χ2n) is 4.34. The lowest BCUT2D eigenvalue weighted by molar-refractivity contribution is 0.414. The Bertz CT molecular complexity index is 297. The first-order valence-corrected chi connectivity index (χ1v) is 6.16. The van der Waals surface area contributed by atoms with Crippen LogP contribution in [0.2, 0.25) is 0 Å². The quantitative estimate of drug-likeness (QED) is 0.764. The van der Waals surface area contributed by atoms with Crippen LogP contribution in [0.15, 0.2) is 11.6 Å². The summed E-state index contributed by atoms with van der Waals surface area (Å²) in [5, 5.41) is 3.26. The predicted molar refractivity (Wildman–Crippen MR) is 58.6 cm³/mol. The molecule has 0 aliphatic carbocycles. The molecule has 3 nitrogen and oxygen atoms in total. The molecule has 4 heteroatoms. The molecule has 1 unspecified atom stereocenters. The SMILES string of the molecule is NC1C[C@H]2CC[C@@H](C1)N2c1nccs1. The molecule has 3 atom stereocenters. The number of anilines is 1. The van der Waals surface area contributed by atoms with E-state index >= 15 is 0 Å². The lowest BCUT2D eigenvalue weighted by Crippen LogP contribution is -2.47. The summed E-state index contributed by atoms with van der Waals surface area (Å²) >= 11 is 1.75. The highest BCUT2D eigenvalue weighted by Gasteiger charge is 2.40. The number of thiazole rings is 1. The Labute approximate surface area is 87.9 Å². The van der Waals surface area contributed by atoms with Gasteiger partial charge in [-0.25, -0.2) is 4.98 Å². The molecule has 1 aromatic heterocycles. The van der Waals surface area contributed by atoms with E-state index in [2.05, 4.69) is 15.3 Å². The van der Waals surface area contributed by atoms with E-state index in [0.29, 0.717) is 18.1 Å². The van der Waals surface area contributed by atoms with Gasteiger partial charge in [-0.2, -0.15) is 0 Å². The third-order valence-electron chi connectivity index (χ3n) is 3.41. The van der Waals surface area contributed by atoms with Gasteiger partial charge in [-0.15, -0.1) is 11.3 Å². The lowest BCUT2D eigenvalue weighted by atomic mass is 9.99. The van der Waals surface area contributed by atoms with Gasteiger partial charge in [0, 0.05) is 29.7 Å². The van der Waals surface area contributed by atoms with Gasteiger partial charge < -0.3 is 10.6 Å². The molecule has 2 aliphatic rings. The number of nitrogens with two attached hydrogens (primary N) is 1. The Kier molecular flexibility index (Phi) is 1.99. The van der Waals surface area contributed by atoms with Gasteiger partial charge >= 0.3 is 0 Å². The van der Waals surface area contributed by atoms with Gasteiger partial charge in [-0.1, -0.05) is 0 Å². The Morgan fingerprint density at radius 1 is 1.36 bits per heavy atom. The molecule has 2 bridgehead atoms. The van der Waals surface area contributed by atoms with Crippen LogP contribution < -0.4 is 10.6 Å². The molecule has 0 aromatic carbocycles. The maximum absolute atomic E-state index is 6.03. The molecule has 2 saturated heterocycles. The Morgan fingerprint density at radius 3 is 2.64 bits per heavy atom. The highest BCUT2D eigenvalue weighted by Crippen LogP contribution is 2.39. The number of piperidine rings is 1. The van der Waals surface area contributed by atoms with Gasteiger partial charge in [0.15, 0.2) is 5.13 Å². The van der Waals surface area contributed by atoms with Gasteiger partial charge in [0.1, 0.15) is 0 Å². The zero-order chi connectivity index (χ0) is 9.54. The number of hydrogen-bond donors (Lipinski definition) is 1. The van der Waals surface area contributed by atoms with Crippen molar-refractivity contribution < 1.29 is 0 Å². The summed E-state index contributed by atoms with van der Waals surface area (Å²) < 4.78 is 0. The van der Waals surface area contributed by atoms with Crippen LogP contribution in [0.1, 0.15) is 25.7 Å². The third kappa shape index (κ3) is 1.25. The monoisotopic (exact) mass is 209 g/mol. The van der Waals surface area contributed by atoms with Crippen LogP contribution in [0.5, 0.6) is 0 Å². The van der Waals surface area contributed by atoms with Gasteiger partial charge in [0.05, 0.1) is 0 Å². The smallest absolute Gasteiger partial charge is 0.185 e. The second-order valence-corrected chi connectivity index (χ2v) is 5.21. The molecule has 14 heavy (non-hydrogen) atoms. The van der Waals surface area contributed by atoms with E-state index in [1.165, 1.54) is 18.0 Å². The van der Waals surface area contributed by atoms with Crippen LogP contribution in [0.25, 0.3) is 0 Å². The number of rotatable bonds is 1. The van der Waals surface area contributed by atoms with Crippen molar-refractivity contribution in [2.45, 2.75) is 43.8 Å². The predicted octanol–water partition coefficient (Wildman–Crippen LogP) is 1.60. The molecule has 2 N–H and O–H groups in total. The summed E-state index contributed by atoms with van der Waals surface area (Å²) in [5.41, 5.74) is 6.03. The van der Waals surface area contributed by atoms with E-state index in [1.54, 1.807) is 11.3 Å². The summed E-state index contributed by atoms with van der Waals surface area (Å²) in [5.74, 6) is 0. The van der Waals surface area contributed by atoms with Crippen molar-refractivity contribution in [3.63, 3.8) is 0 Å². The largest absolute Gasteiger partial charge is 0.342 e. The van der Waals surface area contributed by atoms with Crippen molar-refractivity contribution >= 4 is 16.5 Å². The molecular weight excluding hydrogens is 194 g/mol. The van der Waals surface area contributed by atoms with Gasteiger partial charge in [-0.3, -0.25) is 0 Å². The van der Waals surface area contributed by atoms with Crippen LogP contribution in [0, 0.1) is 0 Å². The highest BCUT2D eigenvalue weighted by molar-refractivity contribution is 7.13. The molecule has 76 valence electrons. The van der Waals surface area contributed by atoms with Crippen molar-refractivity contribution in [3.05, 3.63) is 11.6 Å². The van der Waals surface area contributed by atoms with E-state index < -0.39 is 0 Å². The molecule has 0 saturated carbocycles. The Morgan fingerprint density at radius 2 is 2.07 bits per heavy atom. The van der Waals surface area contributed by atoms with Crippen molar-refractivity contribution in [2.75, 3.05) is 4.90 Å². The first-order chi connectivity index (χ1) is 6.84. The van der Waals surface area contributed by atoms with Crippen LogP contribution >= 0.6 is 11.3 Å². The van der Waals surface area contributed by atoms with Crippen LogP contribution in [-0.4, -0.2) is 23.1 Å². The van der Waals surface area contributed by atoms with E-state index in [0.717, 1.165) is 12.8 Å². The number of aromatic nitrogens is 1. The standard InChI is InChI=1S/C10H15N3S/c11-7-5-8-1-2-9(6-7)13(8)10-12-3-4-14-10/h3-4,7-9H,1-2,5-6,11H2/t7?,8-,9+. The van der Waals surface area contributed by atoms with Crippen LogP contribution in [0.4, 0.5) is 5.13 Å². The van der Waals surface area contributed by atoms with Crippen molar-refractivity contribution in [2.24, 2.45) is 5.73 Å². The fourth-order valence-electron chi connectivity index (χ4n) is 2.87. The van der Waals surface area contributed by atoms with E-state index in [-0.39, 0.29) is 0 Å². The normalized spacial score (nSPS) is 36.4. The molecule has 2 aliphatic heterocycles. The van der Waals surface area contributed by atoms with Crippen molar-refractivity contribution in [1.82, 2.24) is 4.98 Å². The Balaban J connectivity index is 1.88. The fraction of sp³-hybridized carbons (Fsp3) is 0.700. The zero-order valence-electron chi connectivity index (χ0n) is 8.10. The summed E-state index contributed by atoms with van der Waals surface area (Å²) in [6, 6.07) is 1.74. The number of hydrogen-bond acceptors (Lipinski definition) is 4. The zero-order valence-corrected chi connectivity index (χ0v) is 8.91. The molecule has 0 amide bonds. The van der Waals surface area contributed by atoms with Crippen molar-refractivity contribution in [3.8, 4) is 0 Å².